The van der Waals surface area contributed by atoms with Crippen molar-refractivity contribution in [2.24, 2.45) is 5.92 Å². The van der Waals surface area contributed by atoms with E-state index in [-0.39, 0.29) is 0 Å². The third-order valence-corrected chi connectivity index (χ3v) is 3.39. The number of thioether (sulfide) groups is 1. The van der Waals surface area contributed by atoms with Crippen LogP contribution in [0.3, 0.4) is 0 Å². The van der Waals surface area contributed by atoms with Crippen LogP contribution in [0.1, 0.15) is 6.42 Å². The molecule has 0 bridgehead atoms. The van der Waals surface area contributed by atoms with Gasteiger partial charge in [-0.15, -0.1) is 0 Å². The van der Waals surface area contributed by atoms with E-state index in [1.54, 1.807) is 7.11 Å². The zero-order chi connectivity index (χ0) is 10.1. The SMILES string of the molecule is COCCCOCCSCC1CNC1. The molecule has 0 saturated carbocycles. The van der Waals surface area contributed by atoms with Gasteiger partial charge in [-0.1, -0.05) is 0 Å². The molecule has 4 heteroatoms. The Balaban J connectivity index is 1.67. The van der Waals surface area contributed by atoms with Crippen LogP contribution in [0.4, 0.5) is 0 Å². The predicted octanol–water partition coefficient (Wildman–Crippen LogP) is 0.992. The van der Waals surface area contributed by atoms with Gasteiger partial charge in [0.25, 0.3) is 0 Å². The lowest BCUT2D eigenvalue weighted by Crippen LogP contribution is -2.43. The van der Waals surface area contributed by atoms with Gasteiger partial charge in [0.2, 0.25) is 0 Å². The molecule has 3 nitrogen and oxygen atoms in total. The fourth-order valence-corrected chi connectivity index (χ4v) is 2.21. The molecule has 0 aromatic heterocycles. The lowest BCUT2D eigenvalue weighted by atomic mass is 10.1. The van der Waals surface area contributed by atoms with Crippen LogP contribution in [0, 0.1) is 5.92 Å². The maximum absolute atomic E-state index is 5.45. The first-order chi connectivity index (χ1) is 6.93. The third kappa shape index (κ3) is 5.86. The van der Waals surface area contributed by atoms with Crippen LogP contribution in [0.2, 0.25) is 0 Å². The van der Waals surface area contributed by atoms with Gasteiger partial charge in [-0.05, 0) is 31.2 Å². The van der Waals surface area contributed by atoms with E-state index in [4.69, 9.17) is 9.47 Å². The molecule has 1 fully saturated rings. The normalized spacial score (nSPS) is 16.9. The summed E-state index contributed by atoms with van der Waals surface area (Å²) in [5, 5.41) is 3.28. The van der Waals surface area contributed by atoms with Gasteiger partial charge < -0.3 is 14.8 Å². The highest BCUT2D eigenvalue weighted by molar-refractivity contribution is 7.99. The third-order valence-electron chi connectivity index (χ3n) is 2.23. The largest absolute Gasteiger partial charge is 0.385 e. The monoisotopic (exact) mass is 219 g/mol. The molecule has 1 heterocycles. The maximum atomic E-state index is 5.45. The van der Waals surface area contributed by atoms with E-state index in [2.05, 4.69) is 5.32 Å². The van der Waals surface area contributed by atoms with Crippen molar-refractivity contribution in [3.05, 3.63) is 0 Å². The molecule has 14 heavy (non-hydrogen) atoms. The van der Waals surface area contributed by atoms with Crippen molar-refractivity contribution < 1.29 is 9.47 Å². The molecule has 0 aromatic carbocycles. The van der Waals surface area contributed by atoms with Gasteiger partial charge in [-0.3, -0.25) is 0 Å². The molecular formula is C10H21NO2S. The Labute approximate surface area is 90.9 Å². The molecule has 1 N–H and O–H groups in total. The van der Waals surface area contributed by atoms with Gasteiger partial charge >= 0.3 is 0 Å². The minimum absolute atomic E-state index is 0.806. The lowest BCUT2D eigenvalue weighted by Gasteiger charge is -2.26. The first-order valence-electron chi connectivity index (χ1n) is 5.28. The second kappa shape index (κ2) is 8.53. The number of hydrogen-bond acceptors (Lipinski definition) is 4. The Morgan fingerprint density at radius 3 is 2.79 bits per heavy atom. The molecule has 0 radical (unpaired) electrons. The zero-order valence-electron chi connectivity index (χ0n) is 8.96. The molecule has 0 amide bonds. The van der Waals surface area contributed by atoms with Crippen LogP contribution >= 0.6 is 11.8 Å². The Kier molecular flexibility index (Phi) is 7.50. The summed E-state index contributed by atoms with van der Waals surface area (Å²) in [7, 11) is 1.72. The number of rotatable bonds is 9. The Morgan fingerprint density at radius 1 is 1.29 bits per heavy atom. The van der Waals surface area contributed by atoms with Crippen LogP contribution < -0.4 is 5.32 Å². The molecule has 0 aliphatic carbocycles. The van der Waals surface area contributed by atoms with E-state index < -0.39 is 0 Å². The van der Waals surface area contributed by atoms with Crippen LogP contribution in [0.5, 0.6) is 0 Å². The van der Waals surface area contributed by atoms with Gasteiger partial charge in [0.1, 0.15) is 0 Å². The summed E-state index contributed by atoms with van der Waals surface area (Å²) in [6.45, 7) is 4.94. The van der Waals surface area contributed by atoms with Crippen LogP contribution in [0.15, 0.2) is 0 Å². The van der Waals surface area contributed by atoms with E-state index in [0.717, 1.165) is 37.9 Å². The summed E-state index contributed by atoms with van der Waals surface area (Å²) in [5.74, 6) is 3.33. The highest BCUT2D eigenvalue weighted by Crippen LogP contribution is 2.11. The summed E-state index contributed by atoms with van der Waals surface area (Å²) in [6.07, 6.45) is 1.01. The Morgan fingerprint density at radius 2 is 2.14 bits per heavy atom. The molecule has 0 unspecified atom stereocenters. The molecule has 84 valence electrons. The highest BCUT2D eigenvalue weighted by atomic mass is 32.2. The van der Waals surface area contributed by atoms with Crippen LogP contribution in [-0.4, -0.2) is 51.5 Å². The second-order valence-corrected chi connectivity index (χ2v) is 4.71. The van der Waals surface area contributed by atoms with E-state index in [1.165, 1.54) is 18.8 Å². The first-order valence-corrected chi connectivity index (χ1v) is 6.44. The second-order valence-electron chi connectivity index (χ2n) is 3.56. The summed E-state index contributed by atoms with van der Waals surface area (Å²) < 4.78 is 10.4. The molecular weight excluding hydrogens is 198 g/mol. The molecule has 0 atom stereocenters. The van der Waals surface area contributed by atoms with Gasteiger partial charge in [0.15, 0.2) is 0 Å². The molecule has 0 aromatic rings. The fraction of sp³-hybridized carbons (Fsp3) is 1.00. The van der Waals surface area contributed by atoms with Crippen LogP contribution in [0.25, 0.3) is 0 Å². The van der Waals surface area contributed by atoms with E-state index in [9.17, 15) is 0 Å². The van der Waals surface area contributed by atoms with Crippen molar-refractivity contribution in [2.75, 3.05) is 51.5 Å². The average molecular weight is 219 g/mol. The van der Waals surface area contributed by atoms with Crippen molar-refractivity contribution in [1.82, 2.24) is 5.32 Å². The standard InChI is InChI=1S/C10H21NO2S/c1-12-3-2-4-13-5-6-14-9-10-7-11-8-10/h10-11H,2-9H2,1H3. The summed E-state index contributed by atoms with van der Waals surface area (Å²) in [6, 6.07) is 0. The lowest BCUT2D eigenvalue weighted by molar-refractivity contribution is 0.113. The quantitative estimate of drug-likeness (QED) is 0.586. The predicted molar refractivity (Wildman–Crippen MR) is 61.0 cm³/mol. The average Bonchev–Trinajstić information content (AvgIpc) is 2.13. The molecule has 1 rings (SSSR count). The smallest absolute Gasteiger partial charge is 0.0556 e. The number of hydrogen-bond donors (Lipinski definition) is 1. The maximum Gasteiger partial charge on any atom is 0.0556 e. The molecule has 0 spiro atoms. The van der Waals surface area contributed by atoms with Crippen molar-refractivity contribution in [3.63, 3.8) is 0 Å². The number of nitrogens with one attached hydrogen (secondary N) is 1. The fourth-order valence-electron chi connectivity index (χ4n) is 1.24. The minimum atomic E-state index is 0.806. The Hall–Kier alpha value is 0.230. The first kappa shape index (κ1) is 12.3. The highest BCUT2D eigenvalue weighted by Gasteiger charge is 2.15. The molecule has 1 saturated heterocycles. The zero-order valence-corrected chi connectivity index (χ0v) is 9.78. The molecule has 1 aliphatic heterocycles. The number of ether oxygens (including phenoxy) is 2. The van der Waals surface area contributed by atoms with Crippen molar-refractivity contribution in [1.29, 1.82) is 0 Å². The van der Waals surface area contributed by atoms with E-state index in [0.29, 0.717) is 0 Å². The van der Waals surface area contributed by atoms with Gasteiger partial charge in [0, 0.05) is 26.1 Å². The van der Waals surface area contributed by atoms with Crippen molar-refractivity contribution in [2.45, 2.75) is 6.42 Å². The van der Waals surface area contributed by atoms with Gasteiger partial charge in [0.05, 0.1) is 6.61 Å². The molecule has 1 aliphatic rings. The van der Waals surface area contributed by atoms with Crippen molar-refractivity contribution in [3.8, 4) is 0 Å². The van der Waals surface area contributed by atoms with Gasteiger partial charge in [-0.25, -0.2) is 0 Å². The van der Waals surface area contributed by atoms with Gasteiger partial charge in [-0.2, -0.15) is 11.8 Å². The summed E-state index contributed by atoms with van der Waals surface area (Å²) in [4.78, 5) is 0. The number of methoxy groups -OCH3 is 1. The summed E-state index contributed by atoms with van der Waals surface area (Å²) in [5.41, 5.74) is 0. The minimum Gasteiger partial charge on any atom is -0.385 e. The van der Waals surface area contributed by atoms with Crippen LogP contribution in [-0.2, 0) is 9.47 Å². The summed E-state index contributed by atoms with van der Waals surface area (Å²) >= 11 is 2.00. The van der Waals surface area contributed by atoms with Crippen molar-refractivity contribution >= 4 is 11.8 Å². The topological polar surface area (TPSA) is 30.5 Å². The Bertz CT molecular complexity index is 131. The van der Waals surface area contributed by atoms with E-state index >= 15 is 0 Å². The van der Waals surface area contributed by atoms with E-state index in [1.807, 2.05) is 11.8 Å².